The van der Waals surface area contributed by atoms with Crippen molar-refractivity contribution in [2.45, 2.75) is 52.0 Å². The Morgan fingerprint density at radius 1 is 1.23 bits per heavy atom. The van der Waals surface area contributed by atoms with Crippen molar-refractivity contribution < 1.29 is 19.2 Å². The minimum absolute atomic E-state index is 0.00940. The minimum Gasteiger partial charge on any atom is -0.481 e. The van der Waals surface area contributed by atoms with Gasteiger partial charge in [-0.1, -0.05) is 19.0 Å². The van der Waals surface area contributed by atoms with Crippen LogP contribution in [0.3, 0.4) is 0 Å². The van der Waals surface area contributed by atoms with Gasteiger partial charge in [0.2, 0.25) is 0 Å². The zero-order valence-corrected chi connectivity index (χ0v) is 15.4. The van der Waals surface area contributed by atoms with Crippen molar-refractivity contribution in [3.05, 3.63) is 30.1 Å². The largest absolute Gasteiger partial charge is 0.481 e. The SMILES string of the molecule is CC(C)c1noc(-c2ccc(NC(=O)NC(C)(C)CCC(=O)O)cc2)n1. The maximum atomic E-state index is 12.1. The summed E-state index contributed by atoms with van der Waals surface area (Å²) in [7, 11) is 0. The van der Waals surface area contributed by atoms with Gasteiger partial charge in [-0.05, 0) is 44.5 Å². The predicted octanol–water partition coefficient (Wildman–Crippen LogP) is 3.62. The van der Waals surface area contributed by atoms with Gasteiger partial charge in [-0.3, -0.25) is 4.79 Å². The first kappa shape index (κ1) is 19.4. The molecular formula is C18H24N4O4. The lowest BCUT2D eigenvalue weighted by atomic mass is 9.99. The van der Waals surface area contributed by atoms with Gasteiger partial charge in [0.15, 0.2) is 5.82 Å². The second kappa shape index (κ2) is 7.99. The zero-order valence-electron chi connectivity index (χ0n) is 15.4. The van der Waals surface area contributed by atoms with E-state index in [0.717, 1.165) is 5.56 Å². The predicted molar refractivity (Wildman–Crippen MR) is 96.9 cm³/mol. The molecule has 2 aromatic rings. The summed E-state index contributed by atoms with van der Waals surface area (Å²) < 4.78 is 5.24. The normalized spacial score (nSPS) is 11.4. The van der Waals surface area contributed by atoms with Crippen LogP contribution in [0.4, 0.5) is 10.5 Å². The molecule has 3 N–H and O–H groups in total. The summed E-state index contributed by atoms with van der Waals surface area (Å²) in [4.78, 5) is 27.1. The number of carboxylic acids is 1. The molecule has 140 valence electrons. The van der Waals surface area contributed by atoms with Crippen molar-refractivity contribution in [2.75, 3.05) is 5.32 Å². The van der Waals surface area contributed by atoms with Crippen molar-refractivity contribution in [3.63, 3.8) is 0 Å². The third kappa shape index (κ3) is 5.58. The van der Waals surface area contributed by atoms with Crippen LogP contribution in [0.15, 0.2) is 28.8 Å². The molecule has 0 unspecified atom stereocenters. The Kier molecular flexibility index (Phi) is 5.97. The van der Waals surface area contributed by atoms with E-state index in [-0.39, 0.29) is 12.3 Å². The van der Waals surface area contributed by atoms with E-state index in [0.29, 0.717) is 23.8 Å². The Hall–Kier alpha value is -2.90. The number of carbonyl (C=O) groups is 2. The van der Waals surface area contributed by atoms with Gasteiger partial charge in [0.25, 0.3) is 5.89 Å². The molecule has 1 aromatic carbocycles. The topological polar surface area (TPSA) is 117 Å². The van der Waals surface area contributed by atoms with E-state index >= 15 is 0 Å². The van der Waals surface area contributed by atoms with Crippen molar-refractivity contribution in [3.8, 4) is 11.5 Å². The molecule has 0 spiro atoms. The number of aromatic nitrogens is 2. The number of carbonyl (C=O) groups excluding carboxylic acids is 1. The van der Waals surface area contributed by atoms with E-state index in [4.69, 9.17) is 9.63 Å². The van der Waals surface area contributed by atoms with Crippen molar-refractivity contribution in [1.29, 1.82) is 0 Å². The number of rotatable bonds is 7. The van der Waals surface area contributed by atoms with E-state index in [2.05, 4.69) is 20.8 Å². The number of urea groups is 1. The zero-order chi connectivity index (χ0) is 19.3. The van der Waals surface area contributed by atoms with Gasteiger partial charge in [-0.2, -0.15) is 4.98 Å². The second-order valence-corrected chi connectivity index (χ2v) is 7.05. The average molecular weight is 360 g/mol. The molecule has 0 atom stereocenters. The number of hydrogen-bond acceptors (Lipinski definition) is 5. The molecule has 1 aromatic heterocycles. The molecule has 8 heteroatoms. The molecule has 26 heavy (non-hydrogen) atoms. The van der Waals surface area contributed by atoms with Gasteiger partial charge in [-0.15, -0.1) is 0 Å². The highest BCUT2D eigenvalue weighted by Gasteiger charge is 2.21. The summed E-state index contributed by atoms with van der Waals surface area (Å²) in [5.41, 5.74) is 0.736. The molecule has 0 bridgehead atoms. The Bertz CT molecular complexity index is 766. The molecule has 0 aliphatic rings. The van der Waals surface area contributed by atoms with Crippen LogP contribution in [0.1, 0.15) is 52.3 Å². The highest BCUT2D eigenvalue weighted by Crippen LogP contribution is 2.22. The fourth-order valence-electron chi connectivity index (χ4n) is 2.23. The first-order valence-electron chi connectivity index (χ1n) is 8.41. The van der Waals surface area contributed by atoms with Crippen LogP contribution < -0.4 is 10.6 Å². The number of amides is 2. The maximum absolute atomic E-state index is 12.1. The van der Waals surface area contributed by atoms with Crippen LogP contribution in [0.5, 0.6) is 0 Å². The van der Waals surface area contributed by atoms with Gasteiger partial charge in [0.05, 0.1) is 0 Å². The van der Waals surface area contributed by atoms with E-state index in [1.807, 2.05) is 13.8 Å². The Morgan fingerprint density at radius 3 is 2.42 bits per heavy atom. The van der Waals surface area contributed by atoms with Gasteiger partial charge < -0.3 is 20.3 Å². The summed E-state index contributed by atoms with van der Waals surface area (Å²) in [6.07, 6.45) is 0.328. The number of hydrogen-bond donors (Lipinski definition) is 3. The monoisotopic (exact) mass is 360 g/mol. The number of anilines is 1. The average Bonchev–Trinajstić information content (AvgIpc) is 3.03. The number of benzene rings is 1. The smallest absolute Gasteiger partial charge is 0.319 e. The lowest BCUT2D eigenvalue weighted by Gasteiger charge is -2.25. The summed E-state index contributed by atoms with van der Waals surface area (Å²) in [6, 6.07) is 6.63. The third-order valence-electron chi connectivity index (χ3n) is 3.76. The Morgan fingerprint density at radius 2 is 1.88 bits per heavy atom. The molecule has 0 radical (unpaired) electrons. The molecule has 0 fully saturated rings. The van der Waals surface area contributed by atoms with Crippen LogP contribution in [0, 0.1) is 0 Å². The van der Waals surface area contributed by atoms with Crippen molar-refractivity contribution in [1.82, 2.24) is 15.5 Å². The lowest BCUT2D eigenvalue weighted by molar-refractivity contribution is -0.137. The minimum atomic E-state index is -0.891. The summed E-state index contributed by atoms with van der Waals surface area (Å²) in [5, 5.41) is 18.2. The standard InChI is InChI=1S/C18H24N4O4/c1-11(2)15-20-16(26-22-15)12-5-7-13(8-6-12)19-17(25)21-18(3,4)10-9-14(23)24/h5-8,11H,9-10H2,1-4H3,(H,23,24)(H2,19,21,25). The molecule has 8 nitrogen and oxygen atoms in total. The van der Waals surface area contributed by atoms with Crippen molar-refractivity contribution in [2.24, 2.45) is 0 Å². The lowest BCUT2D eigenvalue weighted by Crippen LogP contribution is -2.45. The molecule has 2 amide bonds. The molecule has 2 rings (SSSR count). The van der Waals surface area contributed by atoms with Gasteiger partial charge in [0, 0.05) is 29.1 Å². The fourth-order valence-corrected chi connectivity index (χ4v) is 2.23. The van der Waals surface area contributed by atoms with E-state index in [1.54, 1.807) is 38.1 Å². The van der Waals surface area contributed by atoms with Crippen LogP contribution in [-0.4, -0.2) is 32.8 Å². The Balaban J connectivity index is 1.95. The third-order valence-corrected chi connectivity index (χ3v) is 3.76. The molecule has 1 heterocycles. The van der Waals surface area contributed by atoms with Crippen LogP contribution in [0.2, 0.25) is 0 Å². The summed E-state index contributed by atoms with van der Waals surface area (Å²) in [5.74, 6) is 0.365. The Labute approximate surface area is 152 Å². The number of nitrogens with zero attached hydrogens (tertiary/aromatic N) is 2. The summed E-state index contributed by atoms with van der Waals surface area (Å²) >= 11 is 0. The second-order valence-electron chi connectivity index (χ2n) is 7.05. The van der Waals surface area contributed by atoms with Crippen LogP contribution in [-0.2, 0) is 4.79 Å². The first-order chi connectivity index (χ1) is 12.2. The van der Waals surface area contributed by atoms with Gasteiger partial charge in [0.1, 0.15) is 0 Å². The first-order valence-corrected chi connectivity index (χ1v) is 8.41. The van der Waals surface area contributed by atoms with E-state index < -0.39 is 17.5 Å². The van der Waals surface area contributed by atoms with Crippen molar-refractivity contribution >= 4 is 17.7 Å². The highest BCUT2D eigenvalue weighted by atomic mass is 16.5. The van der Waals surface area contributed by atoms with Gasteiger partial charge in [-0.25, -0.2) is 4.79 Å². The molecule has 0 aliphatic carbocycles. The number of carboxylic acid groups (broad SMARTS) is 1. The number of aliphatic carboxylic acids is 1. The fraction of sp³-hybridized carbons (Fsp3) is 0.444. The van der Waals surface area contributed by atoms with E-state index in [1.165, 1.54) is 0 Å². The highest BCUT2D eigenvalue weighted by molar-refractivity contribution is 5.90. The maximum Gasteiger partial charge on any atom is 0.319 e. The van der Waals surface area contributed by atoms with Crippen LogP contribution in [0.25, 0.3) is 11.5 Å². The number of nitrogens with one attached hydrogen (secondary N) is 2. The van der Waals surface area contributed by atoms with Crippen LogP contribution >= 0.6 is 0 Å². The molecular weight excluding hydrogens is 336 g/mol. The van der Waals surface area contributed by atoms with Gasteiger partial charge >= 0.3 is 12.0 Å². The van der Waals surface area contributed by atoms with E-state index in [9.17, 15) is 9.59 Å². The molecule has 0 aliphatic heterocycles. The summed E-state index contributed by atoms with van der Waals surface area (Å²) in [6.45, 7) is 7.53. The molecule has 0 saturated carbocycles. The quantitative estimate of drug-likeness (QED) is 0.694. The molecule has 0 saturated heterocycles.